The lowest BCUT2D eigenvalue weighted by Crippen LogP contribution is -2.21. The second kappa shape index (κ2) is 11.9. The molecule has 226 valence electrons. The van der Waals surface area contributed by atoms with Crippen LogP contribution in [0.4, 0.5) is 0 Å². The van der Waals surface area contributed by atoms with Gasteiger partial charge in [0.1, 0.15) is 11.6 Å². The summed E-state index contributed by atoms with van der Waals surface area (Å²) in [6.45, 7) is 27.8. The third-order valence-corrected chi connectivity index (χ3v) is 6.23. The molecule has 0 aliphatic carbocycles. The summed E-state index contributed by atoms with van der Waals surface area (Å²) in [4.78, 5) is 26.9. The first-order chi connectivity index (χ1) is 19.2. The number of nitrogens with zero attached hydrogens (tertiary/aromatic N) is 3. The van der Waals surface area contributed by atoms with Crippen molar-refractivity contribution < 1.29 is 4.52 Å². The van der Waals surface area contributed by atoms with Crippen LogP contribution in [0, 0.1) is 5.41 Å². The first kappa shape index (κ1) is 32.8. The maximum Gasteiger partial charge on any atom is 0.258 e. The molecule has 0 saturated heterocycles. The van der Waals surface area contributed by atoms with Crippen molar-refractivity contribution in [3.05, 3.63) is 76.4 Å². The Morgan fingerprint density at radius 2 is 1.26 bits per heavy atom. The predicted molar refractivity (Wildman–Crippen MR) is 175 cm³/mol. The Morgan fingerprint density at radius 3 is 1.81 bits per heavy atom. The van der Waals surface area contributed by atoms with Crippen LogP contribution < -0.4 is 5.56 Å². The SMILES string of the molecule is CC(C)(C)C.CC(C)(C)c1nc2ccccc2c(=O)[nH]1.CC(C)(C)c1ncc(-c2ccc(C(C)(C)C)c3cnoc23)[nH]1. The quantitative estimate of drug-likeness (QED) is 0.209. The third kappa shape index (κ3) is 8.40. The zero-order valence-electron chi connectivity index (χ0n) is 27.8. The van der Waals surface area contributed by atoms with E-state index >= 15 is 0 Å². The van der Waals surface area contributed by atoms with Crippen LogP contribution in [0.5, 0.6) is 0 Å². The van der Waals surface area contributed by atoms with Crippen molar-refractivity contribution in [2.45, 2.75) is 106 Å². The molecule has 7 heteroatoms. The molecule has 5 aromatic rings. The van der Waals surface area contributed by atoms with Gasteiger partial charge in [-0.3, -0.25) is 4.79 Å². The molecule has 2 N–H and O–H groups in total. The molecule has 3 heterocycles. The Morgan fingerprint density at radius 1 is 0.667 bits per heavy atom. The normalized spacial score (nSPS) is 12.5. The molecule has 0 bridgehead atoms. The van der Waals surface area contributed by atoms with E-state index in [0.717, 1.165) is 39.4 Å². The van der Waals surface area contributed by atoms with E-state index in [1.54, 1.807) is 12.3 Å². The molecule has 0 aliphatic heterocycles. The lowest BCUT2D eigenvalue weighted by Gasteiger charge is -2.20. The number of hydrogen-bond acceptors (Lipinski definition) is 5. The zero-order valence-corrected chi connectivity index (χ0v) is 27.8. The summed E-state index contributed by atoms with van der Waals surface area (Å²) in [5.41, 5.74) is 5.12. The Bertz CT molecular complexity index is 1690. The van der Waals surface area contributed by atoms with E-state index in [1.807, 2.05) is 45.2 Å². The second-order valence-corrected chi connectivity index (χ2v) is 15.6. The summed E-state index contributed by atoms with van der Waals surface area (Å²) in [7, 11) is 0. The summed E-state index contributed by atoms with van der Waals surface area (Å²) in [6, 6.07) is 11.6. The highest BCUT2D eigenvalue weighted by Crippen LogP contribution is 2.36. The fourth-order valence-corrected chi connectivity index (χ4v) is 4.10. The van der Waals surface area contributed by atoms with Gasteiger partial charge in [-0.2, -0.15) is 0 Å². The topological polar surface area (TPSA) is 100 Å². The molecular formula is C35H49N5O2. The monoisotopic (exact) mass is 571 g/mol. The van der Waals surface area contributed by atoms with Crippen LogP contribution in [-0.2, 0) is 16.2 Å². The van der Waals surface area contributed by atoms with E-state index in [0.29, 0.717) is 10.8 Å². The molecule has 0 saturated carbocycles. The molecule has 0 fully saturated rings. The lowest BCUT2D eigenvalue weighted by atomic mass is 9.84. The number of aromatic amines is 2. The first-order valence-corrected chi connectivity index (χ1v) is 14.6. The van der Waals surface area contributed by atoms with E-state index in [4.69, 9.17) is 4.52 Å². The van der Waals surface area contributed by atoms with Gasteiger partial charge in [0.05, 0.1) is 29.0 Å². The van der Waals surface area contributed by atoms with Crippen LogP contribution in [-0.4, -0.2) is 25.1 Å². The average molecular weight is 572 g/mol. The molecular weight excluding hydrogens is 522 g/mol. The van der Waals surface area contributed by atoms with E-state index < -0.39 is 0 Å². The molecule has 7 nitrogen and oxygen atoms in total. The van der Waals surface area contributed by atoms with Crippen molar-refractivity contribution in [2.24, 2.45) is 5.41 Å². The van der Waals surface area contributed by atoms with Gasteiger partial charge in [0, 0.05) is 21.8 Å². The number of H-pyrrole nitrogens is 2. The van der Waals surface area contributed by atoms with Crippen molar-refractivity contribution in [1.82, 2.24) is 25.1 Å². The molecule has 0 atom stereocenters. The summed E-state index contributed by atoms with van der Waals surface area (Å²) in [6.07, 6.45) is 3.68. The van der Waals surface area contributed by atoms with Gasteiger partial charge in [-0.05, 0) is 34.6 Å². The standard InChI is InChI=1S/C18H23N3O.C12H14N2O.C5H12/c1-17(2,3)13-8-7-11(15-12(13)9-20-22-15)14-10-19-16(21-14)18(4,5)6;1-12(2,3)11-13-9-7-5-4-6-8(9)10(15)14-11;1-5(2,3)4/h7-10H,1-6H3,(H,19,21);4-7H,1-3H3,(H,13,14,15);1-4H3. The average Bonchev–Trinajstić information content (AvgIpc) is 3.52. The number of para-hydroxylation sites is 1. The van der Waals surface area contributed by atoms with Crippen molar-refractivity contribution in [3.63, 3.8) is 0 Å². The van der Waals surface area contributed by atoms with Crippen LogP contribution in [0.3, 0.4) is 0 Å². The number of rotatable bonds is 1. The minimum Gasteiger partial charge on any atom is -0.356 e. The molecule has 2 aromatic carbocycles. The molecule has 0 radical (unpaired) electrons. The summed E-state index contributed by atoms with van der Waals surface area (Å²) in [5.74, 6) is 1.70. The highest BCUT2D eigenvalue weighted by atomic mass is 16.5. The smallest absolute Gasteiger partial charge is 0.258 e. The van der Waals surface area contributed by atoms with Gasteiger partial charge in [-0.1, -0.05) is 113 Å². The third-order valence-electron chi connectivity index (χ3n) is 6.23. The number of hydrogen-bond donors (Lipinski definition) is 2. The van der Waals surface area contributed by atoms with Gasteiger partial charge < -0.3 is 14.5 Å². The number of fused-ring (bicyclic) bond motifs is 2. The fraction of sp³-hybridized carbons (Fsp3) is 0.486. The maximum absolute atomic E-state index is 11.8. The second-order valence-electron chi connectivity index (χ2n) is 15.6. The van der Waals surface area contributed by atoms with Crippen LogP contribution in [0.25, 0.3) is 33.1 Å². The van der Waals surface area contributed by atoms with Crippen molar-refractivity contribution >= 4 is 21.9 Å². The van der Waals surface area contributed by atoms with Crippen molar-refractivity contribution in [2.75, 3.05) is 0 Å². The molecule has 3 aromatic heterocycles. The number of nitrogens with one attached hydrogen (secondary N) is 2. The Hall–Kier alpha value is -3.74. The van der Waals surface area contributed by atoms with Gasteiger partial charge in [0.2, 0.25) is 0 Å². The summed E-state index contributed by atoms with van der Waals surface area (Å²) >= 11 is 0. The Balaban J connectivity index is 0.000000209. The molecule has 0 aliphatic rings. The lowest BCUT2D eigenvalue weighted by molar-refractivity contribution is 0.457. The molecule has 0 amide bonds. The molecule has 0 unspecified atom stereocenters. The van der Waals surface area contributed by atoms with Crippen LogP contribution in [0.15, 0.2) is 58.1 Å². The van der Waals surface area contributed by atoms with Gasteiger partial charge >= 0.3 is 0 Å². The van der Waals surface area contributed by atoms with Crippen molar-refractivity contribution in [1.29, 1.82) is 0 Å². The minimum absolute atomic E-state index is 0.00979. The van der Waals surface area contributed by atoms with Crippen LogP contribution >= 0.6 is 0 Å². The molecule has 0 spiro atoms. The van der Waals surface area contributed by atoms with Gasteiger partial charge in [-0.15, -0.1) is 0 Å². The minimum atomic E-state index is -0.136. The zero-order chi connectivity index (χ0) is 31.7. The summed E-state index contributed by atoms with van der Waals surface area (Å²) in [5, 5.41) is 5.72. The number of imidazole rings is 1. The fourth-order valence-electron chi connectivity index (χ4n) is 4.10. The van der Waals surface area contributed by atoms with Gasteiger partial charge in [-0.25, -0.2) is 9.97 Å². The Kier molecular flexibility index (Phi) is 9.26. The van der Waals surface area contributed by atoms with Gasteiger partial charge in [0.15, 0.2) is 5.58 Å². The molecule has 42 heavy (non-hydrogen) atoms. The highest BCUT2D eigenvalue weighted by Gasteiger charge is 2.23. The van der Waals surface area contributed by atoms with Crippen LogP contribution in [0.2, 0.25) is 0 Å². The first-order valence-electron chi connectivity index (χ1n) is 14.6. The van der Waals surface area contributed by atoms with E-state index in [2.05, 4.69) is 106 Å². The largest absolute Gasteiger partial charge is 0.356 e. The van der Waals surface area contributed by atoms with Gasteiger partial charge in [0.25, 0.3) is 5.56 Å². The predicted octanol–water partition coefficient (Wildman–Crippen LogP) is 9.09. The highest BCUT2D eigenvalue weighted by molar-refractivity contribution is 5.93. The van der Waals surface area contributed by atoms with E-state index in [-0.39, 0.29) is 21.8 Å². The maximum atomic E-state index is 11.8. The number of benzene rings is 2. The molecule has 5 rings (SSSR count). The Labute approximate surface area is 250 Å². The van der Waals surface area contributed by atoms with Crippen LogP contribution in [0.1, 0.15) is 107 Å². The van der Waals surface area contributed by atoms with E-state index in [1.165, 1.54) is 5.56 Å². The number of aromatic nitrogens is 5. The summed E-state index contributed by atoms with van der Waals surface area (Å²) < 4.78 is 5.54. The van der Waals surface area contributed by atoms with Crippen molar-refractivity contribution in [3.8, 4) is 11.3 Å². The van der Waals surface area contributed by atoms with E-state index in [9.17, 15) is 4.79 Å².